The Labute approximate surface area is 82.7 Å². The first kappa shape index (κ1) is 10.2. The summed E-state index contributed by atoms with van der Waals surface area (Å²) in [6.45, 7) is 4.81. The molecule has 0 saturated carbocycles. The minimum atomic E-state index is 0.414. The summed E-state index contributed by atoms with van der Waals surface area (Å²) in [5.74, 6) is 0.752. The highest BCUT2D eigenvalue weighted by molar-refractivity contribution is 6.29. The minimum Gasteiger partial charge on any atom is -0.367 e. The van der Waals surface area contributed by atoms with Gasteiger partial charge in [0.1, 0.15) is 5.82 Å². The SMILES string of the molecule is CCNCCNc1ccc(Cl)nn1. The van der Waals surface area contributed by atoms with E-state index in [1.165, 1.54) is 0 Å². The summed E-state index contributed by atoms with van der Waals surface area (Å²) in [5, 5.41) is 14.3. The lowest BCUT2D eigenvalue weighted by atomic mass is 10.5. The number of hydrogen-bond donors (Lipinski definition) is 2. The Balaban J connectivity index is 2.25. The van der Waals surface area contributed by atoms with E-state index in [4.69, 9.17) is 11.6 Å². The van der Waals surface area contributed by atoms with Crippen LogP contribution in [-0.2, 0) is 0 Å². The van der Waals surface area contributed by atoms with E-state index < -0.39 is 0 Å². The van der Waals surface area contributed by atoms with E-state index in [-0.39, 0.29) is 0 Å². The van der Waals surface area contributed by atoms with Crippen molar-refractivity contribution in [3.8, 4) is 0 Å². The quantitative estimate of drug-likeness (QED) is 0.701. The van der Waals surface area contributed by atoms with E-state index in [9.17, 15) is 0 Å². The van der Waals surface area contributed by atoms with Gasteiger partial charge in [0, 0.05) is 13.1 Å². The highest BCUT2D eigenvalue weighted by Gasteiger charge is 1.93. The summed E-state index contributed by atoms with van der Waals surface area (Å²) in [7, 11) is 0. The van der Waals surface area contributed by atoms with Gasteiger partial charge in [0.2, 0.25) is 0 Å². The highest BCUT2D eigenvalue weighted by Crippen LogP contribution is 2.04. The van der Waals surface area contributed by atoms with Crippen LogP contribution >= 0.6 is 11.6 Å². The molecule has 0 amide bonds. The van der Waals surface area contributed by atoms with E-state index in [2.05, 4.69) is 27.8 Å². The third-order valence-electron chi connectivity index (χ3n) is 1.49. The minimum absolute atomic E-state index is 0.414. The van der Waals surface area contributed by atoms with Crippen molar-refractivity contribution < 1.29 is 0 Å². The maximum atomic E-state index is 5.58. The molecule has 0 unspecified atom stereocenters. The number of hydrogen-bond acceptors (Lipinski definition) is 4. The molecule has 0 spiro atoms. The Morgan fingerprint density at radius 1 is 1.31 bits per heavy atom. The van der Waals surface area contributed by atoms with Gasteiger partial charge >= 0.3 is 0 Å². The topological polar surface area (TPSA) is 49.8 Å². The number of nitrogens with zero attached hydrogens (tertiary/aromatic N) is 2. The van der Waals surface area contributed by atoms with Gasteiger partial charge in [-0.25, -0.2) is 0 Å². The van der Waals surface area contributed by atoms with E-state index in [0.29, 0.717) is 5.15 Å². The second-order valence-corrected chi connectivity index (χ2v) is 2.91. The highest BCUT2D eigenvalue weighted by atomic mass is 35.5. The molecule has 72 valence electrons. The van der Waals surface area contributed by atoms with Gasteiger partial charge in [0.25, 0.3) is 0 Å². The zero-order valence-electron chi connectivity index (χ0n) is 7.55. The third-order valence-corrected chi connectivity index (χ3v) is 1.69. The Morgan fingerprint density at radius 3 is 2.77 bits per heavy atom. The lowest BCUT2D eigenvalue weighted by molar-refractivity contribution is 0.737. The van der Waals surface area contributed by atoms with Gasteiger partial charge in [-0.2, -0.15) is 0 Å². The molecule has 0 aromatic carbocycles. The Kier molecular flexibility index (Phi) is 4.49. The molecule has 0 bridgehead atoms. The number of anilines is 1. The van der Waals surface area contributed by atoms with Gasteiger partial charge in [-0.3, -0.25) is 0 Å². The van der Waals surface area contributed by atoms with Crippen LogP contribution in [0.1, 0.15) is 6.92 Å². The second-order valence-electron chi connectivity index (χ2n) is 2.52. The molecule has 13 heavy (non-hydrogen) atoms. The Bertz CT molecular complexity index is 236. The van der Waals surface area contributed by atoms with Crippen LogP contribution in [0.4, 0.5) is 5.82 Å². The summed E-state index contributed by atoms with van der Waals surface area (Å²) in [4.78, 5) is 0. The number of aromatic nitrogens is 2. The van der Waals surface area contributed by atoms with Crippen molar-refractivity contribution in [3.05, 3.63) is 17.3 Å². The molecule has 5 heteroatoms. The molecular weight excluding hydrogens is 188 g/mol. The van der Waals surface area contributed by atoms with Crippen molar-refractivity contribution in [3.63, 3.8) is 0 Å². The van der Waals surface area contributed by atoms with Crippen LogP contribution in [0.5, 0.6) is 0 Å². The fraction of sp³-hybridized carbons (Fsp3) is 0.500. The van der Waals surface area contributed by atoms with E-state index in [1.807, 2.05) is 0 Å². The molecule has 1 aromatic heterocycles. The normalized spacial score (nSPS) is 10.0. The van der Waals surface area contributed by atoms with Crippen LogP contribution in [0.25, 0.3) is 0 Å². The molecule has 0 aliphatic heterocycles. The van der Waals surface area contributed by atoms with Gasteiger partial charge in [0.15, 0.2) is 5.15 Å². The van der Waals surface area contributed by atoms with E-state index in [0.717, 1.165) is 25.5 Å². The zero-order valence-corrected chi connectivity index (χ0v) is 8.30. The fourth-order valence-corrected chi connectivity index (χ4v) is 0.967. The third kappa shape index (κ3) is 4.05. The first-order valence-electron chi connectivity index (χ1n) is 4.26. The first-order chi connectivity index (χ1) is 6.33. The molecular formula is C8H13ClN4. The van der Waals surface area contributed by atoms with Crippen molar-refractivity contribution in [2.45, 2.75) is 6.92 Å². The van der Waals surface area contributed by atoms with Crippen LogP contribution in [0.2, 0.25) is 5.15 Å². The number of rotatable bonds is 5. The van der Waals surface area contributed by atoms with Crippen LogP contribution in [0, 0.1) is 0 Å². The molecule has 1 rings (SSSR count). The molecule has 0 aliphatic carbocycles. The summed E-state index contributed by atoms with van der Waals surface area (Å²) in [6, 6.07) is 3.52. The van der Waals surface area contributed by atoms with E-state index in [1.54, 1.807) is 12.1 Å². The largest absolute Gasteiger partial charge is 0.367 e. The summed E-state index contributed by atoms with van der Waals surface area (Å²) < 4.78 is 0. The van der Waals surface area contributed by atoms with Crippen LogP contribution in [-0.4, -0.2) is 29.8 Å². The molecule has 0 saturated heterocycles. The molecule has 0 radical (unpaired) electrons. The van der Waals surface area contributed by atoms with Gasteiger partial charge < -0.3 is 10.6 Å². The first-order valence-corrected chi connectivity index (χ1v) is 4.64. The average Bonchev–Trinajstić information content (AvgIpc) is 2.15. The molecule has 4 nitrogen and oxygen atoms in total. The second kappa shape index (κ2) is 5.72. The van der Waals surface area contributed by atoms with Gasteiger partial charge in [0.05, 0.1) is 0 Å². The molecule has 1 heterocycles. The fourth-order valence-electron chi connectivity index (χ4n) is 0.866. The van der Waals surface area contributed by atoms with Crippen molar-refractivity contribution in [2.75, 3.05) is 25.0 Å². The Morgan fingerprint density at radius 2 is 2.15 bits per heavy atom. The number of likely N-dealkylation sites (N-methyl/N-ethyl adjacent to an activating group) is 1. The van der Waals surface area contributed by atoms with E-state index >= 15 is 0 Å². The smallest absolute Gasteiger partial charge is 0.151 e. The predicted octanol–water partition coefficient (Wildman–Crippen LogP) is 1.15. The summed E-state index contributed by atoms with van der Waals surface area (Å²) in [5.41, 5.74) is 0. The van der Waals surface area contributed by atoms with Gasteiger partial charge in [-0.05, 0) is 18.7 Å². The van der Waals surface area contributed by atoms with Crippen molar-refractivity contribution in [1.82, 2.24) is 15.5 Å². The molecule has 0 fully saturated rings. The average molecular weight is 201 g/mol. The number of halogens is 1. The summed E-state index contributed by atoms with van der Waals surface area (Å²) >= 11 is 5.58. The maximum absolute atomic E-state index is 5.58. The van der Waals surface area contributed by atoms with Crippen LogP contribution < -0.4 is 10.6 Å². The molecule has 0 atom stereocenters. The van der Waals surface area contributed by atoms with Crippen LogP contribution in [0.3, 0.4) is 0 Å². The predicted molar refractivity (Wildman–Crippen MR) is 54.1 cm³/mol. The van der Waals surface area contributed by atoms with Gasteiger partial charge in [-0.15, -0.1) is 10.2 Å². The monoisotopic (exact) mass is 200 g/mol. The van der Waals surface area contributed by atoms with Crippen molar-refractivity contribution >= 4 is 17.4 Å². The Hall–Kier alpha value is -0.870. The van der Waals surface area contributed by atoms with Crippen LogP contribution in [0.15, 0.2) is 12.1 Å². The molecule has 0 aliphatic rings. The maximum Gasteiger partial charge on any atom is 0.151 e. The lowest BCUT2D eigenvalue weighted by Gasteiger charge is -2.04. The standard InChI is InChI=1S/C8H13ClN4/c1-2-10-5-6-11-8-4-3-7(9)12-13-8/h3-4,10H,2,5-6H2,1H3,(H,11,13). The van der Waals surface area contributed by atoms with Crippen molar-refractivity contribution in [2.24, 2.45) is 0 Å². The zero-order chi connectivity index (χ0) is 9.52. The van der Waals surface area contributed by atoms with Gasteiger partial charge in [-0.1, -0.05) is 18.5 Å². The van der Waals surface area contributed by atoms with Crippen molar-refractivity contribution in [1.29, 1.82) is 0 Å². The number of nitrogens with one attached hydrogen (secondary N) is 2. The molecule has 2 N–H and O–H groups in total. The summed E-state index contributed by atoms with van der Waals surface area (Å²) in [6.07, 6.45) is 0. The molecule has 1 aromatic rings. The lowest BCUT2D eigenvalue weighted by Crippen LogP contribution is -2.21.